The summed E-state index contributed by atoms with van der Waals surface area (Å²) in [5.41, 5.74) is 2.19. The Morgan fingerprint density at radius 2 is 1.82 bits per heavy atom. The Bertz CT molecular complexity index is 1000. The molecule has 0 unspecified atom stereocenters. The maximum absolute atomic E-state index is 12.7. The molecule has 2 amide bonds. The first-order valence-corrected chi connectivity index (χ1v) is 10.2. The Morgan fingerprint density at radius 1 is 1.12 bits per heavy atom. The van der Waals surface area contributed by atoms with Gasteiger partial charge in [0.15, 0.2) is 5.78 Å². The first kappa shape index (κ1) is 25.6. The summed E-state index contributed by atoms with van der Waals surface area (Å²) in [6, 6.07) is 13.2. The molecule has 33 heavy (non-hydrogen) atoms. The topological polar surface area (TPSA) is 134 Å². The third kappa shape index (κ3) is 7.74. The summed E-state index contributed by atoms with van der Waals surface area (Å²) < 4.78 is 11.2. The molecule has 0 aromatic heterocycles. The van der Waals surface area contributed by atoms with E-state index in [1.165, 1.54) is 18.5 Å². The summed E-state index contributed by atoms with van der Waals surface area (Å²) in [6.07, 6.45) is 1.06. The molecular weight excluding hydrogens is 428 g/mol. The number of ether oxygens (including phenoxy) is 2. The molecule has 0 saturated heterocycles. The quantitative estimate of drug-likeness (QED) is 0.186. The van der Waals surface area contributed by atoms with E-state index in [-0.39, 0.29) is 19.0 Å². The summed E-state index contributed by atoms with van der Waals surface area (Å²) in [6.45, 7) is 4.92. The van der Waals surface area contributed by atoms with Crippen LogP contribution in [0.15, 0.2) is 60.7 Å². The monoisotopic (exact) mass is 456 g/mol. The predicted molar refractivity (Wildman–Crippen MR) is 121 cm³/mol. The number of ketones is 1. The first-order valence-electron chi connectivity index (χ1n) is 10.2. The summed E-state index contributed by atoms with van der Waals surface area (Å²) >= 11 is 0. The van der Waals surface area contributed by atoms with E-state index in [1.807, 2.05) is 0 Å². The van der Waals surface area contributed by atoms with Gasteiger partial charge in [-0.15, -0.1) is 0 Å². The standard InChI is InChI=1S/C24H28N2O7/c1-16(28)17-7-9-19(10-8-17)25-23(30)33-22(24(2,3)12-11-21(29)26-31)18-5-4-6-20(15-18)32-14-13-27/h4-12,15,22,27,31H,13-14H2,1-3H3,(H,25,30)(H,26,29)/b12-11+/t22-/m0/s1. The van der Waals surface area contributed by atoms with Gasteiger partial charge in [-0.05, 0) is 48.9 Å². The minimum Gasteiger partial charge on any atom is -0.491 e. The molecule has 0 aliphatic rings. The molecule has 176 valence electrons. The van der Waals surface area contributed by atoms with Gasteiger partial charge in [0.2, 0.25) is 0 Å². The van der Waals surface area contributed by atoms with E-state index >= 15 is 0 Å². The van der Waals surface area contributed by atoms with Gasteiger partial charge in [0.05, 0.1) is 6.61 Å². The highest BCUT2D eigenvalue weighted by atomic mass is 16.6. The molecule has 0 spiro atoms. The van der Waals surface area contributed by atoms with Crippen molar-refractivity contribution in [2.45, 2.75) is 26.9 Å². The summed E-state index contributed by atoms with van der Waals surface area (Å²) in [5, 5.41) is 20.4. The number of aliphatic hydroxyl groups is 1. The lowest BCUT2D eigenvalue weighted by atomic mass is 9.82. The van der Waals surface area contributed by atoms with Crippen molar-refractivity contribution in [2.24, 2.45) is 5.41 Å². The predicted octanol–water partition coefficient (Wildman–Crippen LogP) is 3.64. The molecule has 0 bridgehead atoms. The molecule has 9 nitrogen and oxygen atoms in total. The molecular formula is C24H28N2O7. The SMILES string of the molecule is CC(=O)c1ccc(NC(=O)O[C@@H](c2cccc(OCCO)c2)C(C)(C)/C=C/C(=O)NO)cc1. The van der Waals surface area contributed by atoms with Crippen LogP contribution in [0.3, 0.4) is 0 Å². The fourth-order valence-electron chi connectivity index (χ4n) is 3.04. The van der Waals surface area contributed by atoms with Crippen molar-refractivity contribution >= 4 is 23.5 Å². The second kappa shape index (κ2) is 11.8. The van der Waals surface area contributed by atoms with E-state index in [0.717, 1.165) is 6.08 Å². The van der Waals surface area contributed by atoms with Crippen LogP contribution < -0.4 is 15.5 Å². The molecule has 4 N–H and O–H groups in total. The van der Waals surface area contributed by atoms with Gasteiger partial charge in [-0.1, -0.05) is 32.1 Å². The fourth-order valence-corrected chi connectivity index (χ4v) is 3.04. The highest BCUT2D eigenvalue weighted by Gasteiger charge is 2.33. The van der Waals surface area contributed by atoms with Crippen molar-refractivity contribution in [1.82, 2.24) is 5.48 Å². The van der Waals surface area contributed by atoms with E-state index in [4.69, 9.17) is 19.8 Å². The maximum Gasteiger partial charge on any atom is 0.412 e. The normalized spacial score (nSPS) is 12.2. The summed E-state index contributed by atoms with van der Waals surface area (Å²) in [4.78, 5) is 35.6. The van der Waals surface area contributed by atoms with Crippen molar-refractivity contribution in [3.8, 4) is 5.75 Å². The van der Waals surface area contributed by atoms with Crippen LogP contribution in [0, 0.1) is 5.41 Å². The molecule has 9 heteroatoms. The minimum absolute atomic E-state index is 0.0899. The summed E-state index contributed by atoms with van der Waals surface area (Å²) in [7, 11) is 0. The Hall–Kier alpha value is -3.69. The molecule has 2 rings (SSSR count). The minimum atomic E-state index is -0.877. The molecule has 0 aliphatic heterocycles. The van der Waals surface area contributed by atoms with Crippen LogP contribution in [-0.4, -0.2) is 41.3 Å². The number of benzene rings is 2. The molecule has 0 heterocycles. The smallest absolute Gasteiger partial charge is 0.412 e. The summed E-state index contributed by atoms with van der Waals surface area (Å²) in [5.74, 6) is -0.340. The van der Waals surface area contributed by atoms with Crippen LogP contribution in [0.1, 0.15) is 42.8 Å². The van der Waals surface area contributed by atoms with E-state index in [1.54, 1.807) is 62.4 Å². The Morgan fingerprint density at radius 3 is 2.42 bits per heavy atom. The zero-order chi connectivity index (χ0) is 24.4. The van der Waals surface area contributed by atoms with E-state index < -0.39 is 23.5 Å². The van der Waals surface area contributed by atoms with Crippen LogP contribution in [0.2, 0.25) is 0 Å². The molecule has 0 saturated carbocycles. The van der Waals surface area contributed by atoms with Crippen molar-refractivity contribution in [3.05, 3.63) is 71.8 Å². The first-order chi connectivity index (χ1) is 15.7. The van der Waals surface area contributed by atoms with Gasteiger partial charge in [0.1, 0.15) is 18.5 Å². The Kier molecular flexibility index (Phi) is 9.14. The third-order valence-electron chi connectivity index (χ3n) is 4.73. The van der Waals surface area contributed by atoms with Crippen LogP contribution >= 0.6 is 0 Å². The molecule has 1 atom stereocenters. The third-order valence-corrected chi connectivity index (χ3v) is 4.73. The van der Waals surface area contributed by atoms with Gasteiger partial charge in [0, 0.05) is 22.7 Å². The number of carbonyl (C=O) groups is 3. The van der Waals surface area contributed by atoms with Crippen LogP contribution in [0.4, 0.5) is 10.5 Å². The molecule has 0 aliphatic carbocycles. The Labute approximate surface area is 192 Å². The number of amides is 2. The van der Waals surface area contributed by atoms with E-state index in [2.05, 4.69) is 5.32 Å². The molecule has 2 aromatic rings. The van der Waals surface area contributed by atoms with Crippen molar-refractivity contribution in [2.75, 3.05) is 18.5 Å². The van der Waals surface area contributed by atoms with Gasteiger partial charge in [0.25, 0.3) is 5.91 Å². The average molecular weight is 456 g/mol. The van der Waals surface area contributed by atoms with Crippen LogP contribution in [0.25, 0.3) is 0 Å². The fraction of sp³-hybridized carbons (Fsp3) is 0.292. The van der Waals surface area contributed by atoms with Crippen molar-refractivity contribution in [3.63, 3.8) is 0 Å². The number of anilines is 1. The zero-order valence-corrected chi connectivity index (χ0v) is 18.7. The van der Waals surface area contributed by atoms with Crippen molar-refractivity contribution in [1.29, 1.82) is 0 Å². The second-order valence-corrected chi connectivity index (χ2v) is 7.82. The van der Waals surface area contributed by atoms with E-state index in [0.29, 0.717) is 22.6 Å². The highest BCUT2D eigenvalue weighted by Crippen LogP contribution is 2.39. The van der Waals surface area contributed by atoms with E-state index in [9.17, 15) is 14.4 Å². The molecule has 0 radical (unpaired) electrons. The second-order valence-electron chi connectivity index (χ2n) is 7.82. The van der Waals surface area contributed by atoms with Gasteiger partial charge < -0.3 is 14.6 Å². The molecule has 2 aromatic carbocycles. The van der Waals surface area contributed by atoms with Gasteiger partial charge in [-0.2, -0.15) is 0 Å². The van der Waals surface area contributed by atoms with Gasteiger partial charge in [-0.25, -0.2) is 10.3 Å². The average Bonchev–Trinajstić information content (AvgIpc) is 2.80. The lowest BCUT2D eigenvalue weighted by Gasteiger charge is -2.32. The van der Waals surface area contributed by atoms with Gasteiger partial charge >= 0.3 is 6.09 Å². The number of carbonyl (C=O) groups excluding carboxylic acids is 3. The Balaban J connectivity index is 2.30. The maximum atomic E-state index is 12.7. The number of rotatable bonds is 10. The zero-order valence-electron chi connectivity index (χ0n) is 18.7. The largest absolute Gasteiger partial charge is 0.491 e. The van der Waals surface area contributed by atoms with Crippen LogP contribution in [0.5, 0.6) is 5.75 Å². The molecule has 0 fully saturated rings. The van der Waals surface area contributed by atoms with Crippen LogP contribution in [-0.2, 0) is 9.53 Å². The van der Waals surface area contributed by atoms with Crippen molar-refractivity contribution < 1.29 is 34.2 Å². The number of nitrogens with one attached hydrogen (secondary N) is 2. The highest BCUT2D eigenvalue weighted by molar-refractivity contribution is 5.95. The lowest BCUT2D eigenvalue weighted by molar-refractivity contribution is -0.124. The number of aliphatic hydroxyl groups excluding tert-OH is 1. The lowest BCUT2D eigenvalue weighted by Crippen LogP contribution is -2.28. The number of Topliss-reactive ketones (excluding diaryl/α,β-unsaturated/α-hetero) is 1. The number of hydrogen-bond donors (Lipinski definition) is 4. The van der Waals surface area contributed by atoms with Gasteiger partial charge in [-0.3, -0.25) is 20.1 Å². The number of hydroxylamine groups is 1. The number of hydrogen-bond acceptors (Lipinski definition) is 7.